The van der Waals surface area contributed by atoms with Gasteiger partial charge in [-0.15, -0.1) is 0 Å². The highest BCUT2D eigenvalue weighted by molar-refractivity contribution is 5.98. The fourth-order valence-electron chi connectivity index (χ4n) is 5.51. The third kappa shape index (κ3) is 5.20. The van der Waals surface area contributed by atoms with Crippen LogP contribution in [0.25, 0.3) is 51.1 Å². The number of pyridine rings is 1. The minimum absolute atomic E-state index is 0.249. The first-order chi connectivity index (χ1) is 19.1. The number of H-pyrrole nitrogens is 2. The summed E-state index contributed by atoms with van der Waals surface area (Å²) in [6.45, 7) is 9.60. The Kier molecular flexibility index (Phi) is 6.95. The number of rotatable bonds is 6. The van der Waals surface area contributed by atoms with Gasteiger partial charge in [0.05, 0.1) is 11.0 Å². The van der Waals surface area contributed by atoms with Gasteiger partial charge in [-0.25, -0.2) is 4.39 Å². The number of piperidine rings is 1. The van der Waals surface area contributed by atoms with Crippen molar-refractivity contribution < 1.29 is 4.39 Å². The molecule has 2 N–H and O–H groups in total. The maximum atomic E-state index is 14.0. The molecule has 4 heterocycles. The number of aromatic amines is 2. The van der Waals surface area contributed by atoms with Gasteiger partial charge in [-0.05, 0) is 97.1 Å². The third-order valence-electron chi connectivity index (χ3n) is 7.52. The molecule has 0 spiro atoms. The summed E-state index contributed by atoms with van der Waals surface area (Å²) in [6, 6.07) is 17.0. The second kappa shape index (κ2) is 10.8. The van der Waals surface area contributed by atoms with Gasteiger partial charge in [0.1, 0.15) is 11.5 Å². The standard InChI is InChI=1S/C33H32FN5/c1-3-30-29(15-22(2)25-16-23(19-35-20-25)21-39-13-5-4-6-14-39)33(38-37-30)32-18-28-27(11-8-12-31(28)36-32)24-9-7-10-26(34)17-24/h3,7-12,15-20,36-37H,2,4-6,13-14,21H2,1H3/b29-15+,30-3+. The van der Waals surface area contributed by atoms with Gasteiger partial charge < -0.3 is 4.98 Å². The maximum Gasteiger partial charge on any atom is 0.123 e. The number of halogens is 1. The van der Waals surface area contributed by atoms with E-state index in [-0.39, 0.29) is 5.82 Å². The molecule has 5 nitrogen and oxygen atoms in total. The summed E-state index contributed by atoms with van der Waals surface area (Å²) in [4.78, 5) is 10.6. The number of aromatic nitrogens is 4. The van der Waals surface area contributed by atoms with Crippen LogP contribution in [-0.2, 0) is 6.54 Å². The summed E-state index contributed by atoms with van der Waals surface area (Å²) in [5, 5.41) is 10.7. The summed E-state index contributed by atoms with van der Waals surface area (Å²) >= 11 is 0. The minimum Gasteiger partial charge on any atom is -0.353 e. The molecule has 0 radical (unpaired) electrons. The molecule has 39 heavy (non-hydrogen) atoms. The van der Waals surface area contributed by atoms with E-state index in [1.165, 1.54) is 30.9 Å². The van der Waals surface area contributed by atoms with Crippen LogP contribution in [-0.4, -0.2) is 38.2 Å². The Morgan fingerprint density at radius 1 is 1.05 bits per heavy atom. The SMILES string of the molecule is C=C(/C=c1/c(-c2cc3c(-c4cccc(F)c4)cccc3[nH]2)n[nH]/c1=C/C)c1cncc(CN2CCCCC2)c1. The number of hydrogen-bond acceptors (Lipinski definition) is 3. The maximum absolute atomic E-state index is 14.0. The summed E-state index contributed by atoms with van der Waals surface area (Å²) in [6.07, 6.45) is 11.8. The number of benzene rings is 2. The lowest BCUT2D eigenvalue weighted by Crippen LogP contribution is -2.29. The predicted octanol–water partition coefficient (Wildman–Crippen LogP) is 6.04. The molecule has 1 fully saturated rings. The summed E-state index contributed by atoms with van der Waals surface area (Å²) in [5.74, 6) is -0.249. The first-order valence-corrected chi connectivity index (χ1v) is 13.5. The zero-order valence-corrected chi connectivity index (χ0v) is 22.2. The molecule has 0 bridgehead atoms. The van der Waals surface area contributed by atoms with Gasteiger partial charge in [0.2, 0.25) is 0 Å². The van der Waals surface area contributed by atoms with E-state index >= 15 is 0 Å². The smallest absolute Gasteiger partial charge is 0.123 e. The Balaban J connectivity index is 1.37. The van der Waals surface area contributed by atoms with E-state index < -0.39 is 0 Å². The molecule has 2 aromatic carbocycles. The third-order valence-corrected chi connectivity index (χ3v) is 7.52. The molecule has 0 atom stereocenters. The number of fused-ring (bicyclic) bond motifs is 1. The first kappa shape index (κ1) is 25.0. The van der Waals surface area contributed by atoms with Crippen LogP contribution < -0.4 is 10.6 Å². The van der Waals surface area contributed by atoms with Crippen molar-refractivity contribution in [3.05, 3.63) is 101 Å². The molecule has 196 valence electrons. The Hall–Kier alpha value is -4.29. The molecular formula is C33H32FN5. The highest BCUT2D eigenvalue weighted by Gasteiger charge is 2.14. The predicted molar refractivity (Wildman–Crippen MR) is 158 cm³/mol. The molecule has 1 saturated heterocycles. The highest BCUT2D eigenvalue weighted by atomic mass is 19.1. The Morgan fingerprint density at radius 3 is 2.72 bits per heavy atom. The van der Waals surface area contributed by atoms with Gasteiger partial charge >= 0.3 is 0 Å². The number of hydrogen-bond donors (Lipinski definition) is 2. The minimum atomic E-state index is -0.249. The fourth-order valence-corrected chi connectivity index (χ4v) is 5.51. The van der Waals surface area contributed by atoms with E-state index in [1.807, 2.05) is 49.7 Å². The molecule has 6 rings (SSSR count). The zero-order valence-electron chi connectivity index (χ0n) is 22.2. The first-order valence-electron chi connectivity index (χ1n) is 13.5. The van der Waals surface area contributed by atoms with Crippen LogP contribution in [0.5, 0.6) is 0 Å². The van der Waals surface area contributed by atoms with Crippen LogP contribution in [0.4, 0.5) is 4.39 Å². The summed E-state index contributed by atoms with van der Waals surface area (Å²) in [7, 11) is 0. The molecule has 0 aliphatic carbocycles. The largest absolute Gasteiger partial charge is 0.353 e. The fraction of sp³-hybridized carbons (Fsp3) is 0.212. The molecule has 0 amide bonds. The van der Waals surface area contributed by atoms with Crippen molar-refractivity contribution >= 4 is 28.6 Å². The Bertz CT molecular complexity index is 1770. The zero-order chi connectivity index (χ0) is 26.8. The molecule has 0 unspecified atom stereocenters. The average Bonchev–Trinajstić information content (AvgIpc) is 3.57. The Labute approximate surface area is 227 Å². The van der Waals surface area contributed by atoms with E-state index in [0.29, 0.717) is 0 Å². The van der Waals surface area contributed by atoms with Crippen LogP contribution in [0.15, 0.2) is 73.6 Å². The van der Waals surface area contributed by atoms with Gasteiger partial charge in [-0.2, -0.15) is 5.10 Å². The molecule has 3 aromatic heterocycles. The highest BCUT2D eigenvalue weighted by Crippen LogP contribution is 2.31. The van der Waals surface area contributed by atoms with Gasteiger partial charge in [0.25, 0.3) is 0 Å². The van der Waals surface area contributed by atoms with E-state index in [2.05, 4.69) is 49.9 Å². The van der Waals surface area contributed by atoms with Crippen LogP contribution in [0.1, 0.15) is 37.3 Å². The van der Waals surface area contributed by atoms with E-state index in [4.69, 9.17) is 0 Å². The van der Waals surface area contributed by atoms with Crippen LogP contribution >= 0.6 is 0 Å². The lowest BCUT2D eigenvalue weighted by molar-refractivity contribution is 0.220. The monoisotopic (exact) mass is 517 g/mol. The normalized spacial score (nSPS) is 15.3. The topological polar surface area (TPSA) is 60.6 Å². The van der Waals surface area contributed by atoms with Crippen molar-refractivity contribution in [3.8, 4) is 22.5 Å². The van der Waals surface area contributed by atoms with Crippen molar-refractivity contribution in [3.63, 3.8) is 0 Å². The van der Waals surface area contributed by atoms with Crippen molar-refractivity contribution in [2.45, 2.75) is 32.7 Å². The number of nitrogens with zero attached hydrogens (tertiary/aromatic N) is 3. The summed E-state index contributed by atoms with van der Waals surface area (Å²) in [5.41, 5.74) is 7.56. The van der Waals surface area contributed by atoms with Crippen molar-refractivity contribution in [2.75, 3.05) is 13.1 Å². The number of nitrogens with one attached hydrogen (secondary N) is 2. The molecule has 1 aliphatic rings. The van der Waals surface area contributed by atoms with Gasteiger partial charge in [0.15, 0.2) is 0 Å². The molecule has 6 heteroatoms. The van der Waals surface area contributed by atoms with Crippen molar-refractivity contribution in [1.82, 2.24) is 25.1 Å². The van der Waals surface area contributed by atoms with Crippen molar-refractivity contribution in [2.24, 2.45) is 0 Å². The molecular weight excluding hydrogens is 485 g/mol. The molecule has 5 aromatic rings. The molecule has 1 aliphatic heterocycles. The van der Waals surface area contributed by atoms with E-state index in [9.17, 15) is 4.39 Å². The quantitative estimate of drug-likeness (QED) is 0.289. The molecule has 0 saturated carbocycles. The lowest BCUT2D eigenvalue weighted by atomic mass is 10.0. The number of likely N-dealkylation sites (tertiary alicyclic amines) is 1. The lowest BCUT2D eigenvalue weighted by Gasteiger charge is -2.26. The second-order valence-electron chi connectivity index (χ2n) is 10.2. The van der Waals surface area contributed by atoms with Crippen LogP contribution in [0.2, 0.25) is 0 Å². The van der Waals surface area contributed by atoms with Crippen molar-refractivity contribution in [1.29, 1.82) is 0 Å². The Morgan fingerprint density at radius 2 is 1.90 bits per heavy atom. The van der Waals surface area contributed by atoms with Crippen LogP contribution in [0, 0.1) is 5.82 Å². The van der Waals surface area contributed by atoms with Gasteiger partial charge in [0, 0.05) is 35.1 Å². The van der Waals surface area contributed by atoms with E-state index in [1.54, 1.807) is 12.1 Å². The van der Waals surface area contributed by atoms with Crippen LogP contribution in [0.3, 0.4) is 0 Å². The van der Waals surface area contributed by atoms with E-state index in [0.717, 1.165) is 74.8 Å². The number of allylic oxidation sites excluding steroid dienone is 1. The van der Waals surface area contributed by atoms with Gasteiger partial charge in [-0.3, -0.25) is 15.0 Å². The average molecular weight is 518 g/mol. The summed E-state index contributed by atoms with van der Waals surface area (Å²) < 4.78 is 14.0. The van der Waals surface area contributed by atoms with Gasteiger partial charge in [-0.1, -0.05) is 43.3 Å². The second-order valence-corrected chi connectivity index (χ2v) is 10.2.